The zero-order chi connectivity index (χ0) is 15.9. The zero-order valence-electron chi connectivity index (χ0n) is 12.7. The van der Waals surface area contributed by atoms with Crippen molar-refractivity contribution in [2.75, 3.05) is 11.9 Å². The monoisotopic (exact) mass is 303 g/mol. The lowest BCUT2D eigenvalue weighted by molar-refractivity contribution is 0.660. The molecule has 0 aliphatic rings. The third kappa shape index (κ3) is 3.74. The fourth-order valence-corrected chi connectivity index (χ4v) is 2.37. The average molecular weight is 303 g/mol. The molecule has 0 aliphatic heterocycles. The van der Waals surface area contributed by atoms with Gasteiger partial charge >= 0.3 is 0 Å². The van der Waals surface area contributed by atoms with Gasteiger partial charge in [-0.1, -0.05) is 30.3 Å². The van der Waals surface area contributed by atoms with Crippen LogP contribution < -0.4 is 5.32 Å². The van der Waals surface area contributed by atoms with Gasteiger partial charge in [0.15, 0.2) is 0 Å². The second kappa shape index (κ2) is 7.23. The molecule has 2 aromatic heterocycles. The summed E-state index contributed by atoms with van der Waals surface area (Å²) in [6.07, 6.45) is 8.24. The molecule has 5 nitrogen and oxygen atoms in total. The van der Waals surface area contributed by atoms with Gasteiger partial charge in [0.25, 0.3) is 0 Å². The lowest BCUT2D eigenvalue weighted by Crippen LogP contribution is -2.08. The molecule has 0 fully saturated rings. The average Bonchev–Trinajstić information content (AvgIpc) is 3.13. The van der Waals surface area contributed by atoms with Gasteiger partial charge in [-0.2, -0.15) is 5.26 Å². The van der Waals surface area contributed by atoms with Crippen molar-refractivity contribution in [1.29, 1.82) is 5.26 Å². The normalized spacial score (nSPS) is 10.2. The first-order valence-corrected chi connectivity index (χ1v) is 7.52. The van der Waals surface area contributed by atoms with E-state index in [1.807, 2.05) is 47.2 Å². The highest BCUT2D eigenvalue weighted by Crippen LogP contribution is 2.22. The first-order chi connectivity index (χ1) is 11.4. The Morgan fingerprint density at radius 1 is 1.17 bits per heavy atom. The Morgan fingerprint density at radius 3 is 2.78 bits per heavy atom. The minimum absolute atomic E-state index is 0.564. The summed E-state index contributed by atoms with van der Waals surface area (Å²) >= 11 is 0. The molecule has 0 radical (unpaired) electrons. The Bertz CT molecular complexity index is 788. The van der Waals surface area contributed by atoms with Gasteiger partial charge in [-0.25, -0.2) is 9.97 Å². The van der Waals surface area contributed by atoms with Crippen molar-refractivity contribution in [2.24, 2.45) is 0 Å². The van der Waals surface area contributed by atoms with Gasteiger partial charge in [0.05, 0.1) is 11.9 Å². The smallest absolute Gasteiger partial charge is 0.143 e. The fourth-order valence-electron chi connectivity index (χ4n) is 2.37. The summed E-state index contributed by atoms with van der Waals surface area (Å²) in [5.41, 5.74) is 2.57. The van der Waals surface area contributed by atoms with E-state index in [4.69, 9.17) is 0 Å². The van der Waals surface area contributed by atoms with E-state index in [-0.39, 0.29) is 0 Å². The Hall–Kier alpha value is -3.13. The predicted molar refractivity (Wildman–Crippen MR) is 89.7 cm³/mol. The SMILES string of the molecule is N#Cc1cc(-c2ccccc2)cnc1NCCCn1ccnc1. The number of aromatic nitrogens is 3. The fraction of sp³-hybridized carbons (Fsp3) is 0.167. The summed E-state index contributed by atoms with van der Waals surface area (Å²) in [6, 6.07) is 14.0. The van der Waals surface area contributed by atoms with Crippen LogP contribution in [0.25, 0.3) is 11.1 Å². The highest BCUT2D eigenvalue weighted by Gasteiger charge is 2.06. The summed E-state index contributed by atoms with van der Waals surface area (Å²) in [7, 11) is 0. The van der Waals surface area contributed by atoms with Crippen LogP contribution in [0.3, 0.4) is 0 Å². The molecule has 0 atom stereocenters. The van der Waals surface area contributed by atoms with Gasteiger partial charge in [-0.05, 0) is 18.1 Å². The molecule has 0 unspecified atom stereocenters. The third-order valence-electron chi connectivity index (χ3n) is 3.56. The second-order valence-electron chi connectivity index (χ2n) is 5.18. The van der Waals surface area contributed by atoms with Crippen molar-refractivity contribution < 1.29 is 0 Å². The summed E-state index contributed by atoms with van der Waals surface area (Å²) < 4.78 is 2.03. The first-order valence-electron chi connectivity index (χ1n) is 7.52. The number of nitriles is 1. The van der Waals surface area contributed by atoms with Crippen LogP contribution in [-0.2, 0) is 6.54 Å². The van der Waals surface area contributed by atoms with E-state index in [0.29, 0.717) is 11.4 Å². The number of aryl methyl sites for hydroxylation is 1. The molecular weight excluding hydrogens is 286 g/mol. The number of hydrogen-bond acceptors (Lipinski definition) is 4. The maximum absolute atomic E-state index is 9.35. The Balaban J connectivity index is 1.64. The number of rotatable bonds is 6. The van der Waals surface area contributed by atoms with Gasteiger partial charge in [0, 0.05) is 37.2 Å². The van der Waals surface area contributed by atoms with E-state index >= 15 is 0 Å². The quantitative estimate of drug-likeness (QED) is 0.709. The number of pyridine rings is 1. The molecule has 0 amide bonds. The third-order valence-corrected chi connectivity index (χ3v) is 3.56. The van der Waals surface area contributed by atoms with Crippen molar-refractivity contribution in [3.63, 3.8) is 0 Å². The van der Waals surface area contributed by atoms with E-state index in [2.05, 4.69) is 21.4 Å². The number of nitrogens with zero attached hydrogens (tertiary/aromatic N) is 4. The van der Waals surface area contributed by atoms with Gasteiger partial charge in [-0.15, -0.1) is 0 Å². The van der Waals surface area contributed by atoms with Crippen molar-refractivity contribution in [3.8, 4) is 17.2 Å². The topological polar surface area (TPSA) is 66.5 Å². The maximum Gasteiger partial charge on any atom is 0.143 e. The molecule has 23 heavy (non-hydrogen) atoms. The molecule has 3 rings (SSSR count). The molecule has 0 saturated heterocycles. The first kappa shape index (κ1) is 14.8. The molecule has 2 heterocycles. The molecule has 114 valence electrons. The molecule has 1 aromatic carbocycles. The molecule has 3 aromatic rings. The summed E-state index contributed by atoms with van der Waals surface area (Å²) in [5, 5.41) is 12.6. The van der Waals surface area contributed by atoms with Crippen LogP contribution in [0.1, 0.15) is 12.0 Å². The van der Waals surface area contributed by atoms with Crippen molar-refractivity contribution in [3.05, 3.63) is 66.9 Å². The van der Waals surface area contributed by atoms with Gasteiger partial charge in [-0.3, -0.25) is 0 Å². The Kier molecular flexibility index (Phi) is 4.65. The van der Waals surface area contributed by atoms with Gasteiger partial charge < -0.3 is 9.88 Å². The number of benzene rings is 1. The van der Waals surface area contributed by atoms with Crippen LogP contribution in [0, 0.1) is 11.3 Å². The Morgan fingerprint density at radius 2 is 2.04 bits per heavy atom. The van der Waals surface area contributed by atoms with Crippen molar-refractivity contribution in [1.82, 2.24) is 14.5 Å². The standard InChI is InChI=1S/C18H17N5/c19-12-16-11-17(15-5-2-1-3-6-15)13-22-18(16)21-7-4-9-23-10-8-20-14-23/h1-3,5-6,8,10-11,13-14H,4,7,9H2,(H,21,22). The molecular formula is C18H17N5. The number of anilines is 1. The van der Waals surface area contributed by atoms with E-state index in [9.17, 15) is 5.26 Å². The van der Waals surface area contributed by atoms with E-state index in [0.717, 1.165) is 30.6 Å². The number of imidazole rings is 1. The molecule has 0 saturated carbocycles. The minimum atomic E-state index is 0.564. The molecule has 0 bridgehead atoms. The van der Waals surface area contributed by atoms with Crippen molar-refractivity contribution in [2.45, 2.75) is 13.0 Å². The number of nitrogens with one attached hydrogen (secondary N) is 1. The molecule has 0 spiro atoms. The van der Waals surface area contributed by atoms with Crippen LogP contribution in [0.5, 0.6) is 0 Å². The van der Waals surface area contributed by atoms with Crippen LogP contribution in [-0.4, -0.2) is 21.1 Å². The van der Waals surface area contributed by atoms with Crippen LogP contribution in [0.4, 0.5) is 5.82 Å². The van der Waals surface area contributed by atoms with E-state index in [1.165, 1.54) is 0 Å². The van der Waals surface area contributed by atoms with Gasteiger partial charge in [0.2, 0.25) is 0 Å². The summed E-state index contributed by atoms with van der Waals surface area (Å²) in [6.45, 7) is 1.64. The van der Waals surface area contributed by atoms with Crippen LogP contribution in [0.2, 0.25) is 0 Å². The highest BCUT2D eigenvalue weighted by atomic mass is 15.0. The van der Waals surface area contributed by atoms with E-state index in [1.54, 1.807) is 18.7 Å². The molecule has 1 N–H and O–H groups in total. The largest absolute Gasteiger partial charge is 0.369 e. The summed E-state index contributed by atoms with van der Waals surface area (Å²) in [5.74, 6) is 0.637. The highest BCUT2D eigenvalue weighted by molar-refractivity contribution is 5.67. The molecule has 0 aliphatic carbocycles. The predicted octanol–water partition coefficient (Wildman–Crippen LogP) is 3.32. The van der Waals surface area contributed by atoms with E-state index < -0.39 is 0 Å². The summed E-state index contributed by atoms with van der Waals surface area (Å²) in [4.78, 5) is 8.42. The van der Waals surface area contributed by atoms with Crippen LogP contribution in [0.15, 0.2) is 61.3 Å². The minimum Gasteiger partial charge on any atom is -0.369 e. The zero-order valence-corrected chi connectivity index (χ0v) is 12.7. The molecule has 5 heteroatoms. The Labute approximate surface area is 135 Å². The number of hydrogen-bond donors (Lipinski definition) is 1. The second-order valence-corrected chi connectivity index (χ2v) is 5.18. The maximum atomic E-state index is 9.35. The lowest BCUT2D eigenvalue weighted by Gasteiger charge is -2.09. The van der Waals surface area contributed by atoms with Crippen LogP contribution >= 0.6 is 0 Å². The van der Waals surface area contributed by atoms with Crippen molar-refractivity contribution >= 4 is 5.82 Å². The van der Waals surface area contributed by atoms with Gasteiger partial charge in [0.1, 0.15) is 11.9 Å². The lowest BCUT2D eigenvalue weighted by atomic mass is 10.1.